The van der Waals surface area contributed by atoms with E-state index in [-0.39, 0.29) is 17.5 Å². The van der Waals surface area contributed by atoms with E-state index in [0.717, 1.165) is 34.3 Å². The van der Waals surface area contributed by atoms with Crippen molar-refractivity contribution in [3.63, 3.8) is 0 Å². The second-order valence-electron chi connectivity index (χ2n) is 5.18. The summed E-state index contributed by atoms with van der Waals surface area (Å²) in [7, 11) is 0. The van der Waals surface area contributed by atoms with Gasteiger partial charge in [0.05, 0.1) is 0 Å². The molecular formula is C15H18O2. The third-order valence-corrected chi connectivity index (χ3v) is 4.02. The minimum atomic E-state index is 0.171. The highest BCUT2D eigenvalue weighted by Gasteiger charge is 2.32. The van der Waals surface area contributed by atoms with Crippen molar-refractivity contribution < 1.29 is 9.59 Å². The number of carbonyl (C=O) groups is 2. The highest BCUT2D eigenvalue weighted by Crippen LogP contribution is 2.40. The van der Waals surface area contributed by atoms with Crippen LogP contribution in [-0.4, -0.2) is 11.6 Å². The third kappa shape index (κ3) is 1.92. The van der Waals surface area contributed by atoms with Crippen LogP contribution in [0.3, 0.4) is 0 Å². The normalized spacial score (nSPS) is 25.2. The molecular weight excluding hydrogens is 212 g/mol. The van der Waals surface area contributed by atoms with Gasteiger partial charge in [-0.1, -0.05) is 12.2 Å². The molecule has 0 fully saturated rings. The standard InChI is InChI=1S/C15H18O2/c1-8(2)11-5-12-9(3)15(17)7-13(12)10(4)14(16)6-11/h11H,1,5-7H2,2-4H3/t11-/m0/s1. The van der Waals surface area contributed by atoms with Crippen molar-refractivity contribution in [1.82, 2.24) is 0 Å². The van der Waals surface area contributed by atoms with Crippen LogP contribution < -0.4 is 0 Å². The topological polar surface area (TPSA) is 34.1 Å². The van der Waals surface area contributed by atoms with Crippen LogP contribution in [0.5, 0.6) is 0 Å². The van der Waals surface area contributed by atoms with Gasteiger partial charge in [-0.05, 0) is 55.4 Å². The molecule has 2 heteroatoms. The molecule has 0 saturated heterocycles. The summed E-state index contributed by atoms with van der Waals surface area (Å²) >= 11 is 0. The van der Waals surface area contributed by atoms with Crippen LogP contribution in [0.1, 0.15) is 40.0 Å². The molecule has 0 radical (unpaired) electrons. The van der Waals surface area contributed by atoms with Gasteiger partial charge in [0, 0.05) is 12.8 Å². The highest BCUT2D eigenvalue weighted by atomic mass is 16.1. The molecule has 0 unspecified atom stereocenters. The van der Waals surface area contributed by atoms with Crippen molar-refractivity contribution in [3.8, 4) is 0 Å². The number of hydrogen-bond donors (Lipinski definition) is 0. The SMILES string of the molecule is C=C(C)[C@@H]1CC(=O)C(C)=C2CC(=O)C(C)=C2C1. The Morgan fingerprint density at radius 1 is 1.06 bits per heavy atom. The summed E-state index contributed by atoms with van der Waals surface area (Å²) in [6.07, 6.45) is 1.75. The number of allylic oxidation sites excluding steroid dienone is 5. The van der Waals surface area contributed by atoms with Crippen LogP contribution in [0.15, 0.2) is 34.4 Å². The summed E-state index contributed by atoms with van der Waals surface area (Å²) in [6.45, 7) is 9.65. The van der Waals surface area contributed by atoms with Crippen molar-refractivity contribution in [2.45, 2.75) is 40.0 Å². The van der Waals surface area contributed by atoms with E-state index < -0.39 is 0 Å². The first-order valence-electron chi connectivity index (χ1n) is 6.03. The molecule has 0 amide bonds. The predicted octanol–water partition coefficient (Wildman–Crippen LogP) is 3.15. The summed E-state index contributed by atoms with van der Waals surface area (Å²) < 4.78 is 0. The van der Waals surface area contributed by atoms with Gasteiger partial charge in [-0.25, -0.2) is 0 Å². The van der Waals surface area contributed by atoms with Crippen LogP contribution in [-0.2, 0) is 9.59 Å². The van der Waals surface area contributed by atoms with E-state index >= 15 is 0 Å². The Labute approximate surface area is 102 Å². The molecule has 0 aromatic carbocycles. The van der Waals surface area contributed by atoms with Crippen molar-refractivity contribution in [1.29, 1.82) is 0 Å². The lowest BCUT2D eigenvalue weighted by Gasteiger charge is -2.14. The summed E-state index contributed by atoms with van der Waals surface area (Å²) in [6, 6.07) is 0. The van der Waals surface area contributed by atoms with Gasteiger partial charge >= 0.3 is 0 Å². The van der Waals surface area contributed by atoms with E-state index in [9.17, 15) is 9.59 Å². The lowest BCUT2D eigenvalue weighted by Crippen LogP contribution is -2.08. The van der Waals surface area contributed by atoms with Gasteiger partial charge in [-0.3, -0.25) is 9.59 Å². The minimum Gasteiger partial charge on any atom is -0.295 e. The fraction of sp³-hybridized carbons (Fsp3) is 0.467. The fourth-order valence-corrected chi connectivity index (χ4v) is 2.64. The molecule has 0 spiro atoms. The van der Waals surface area contributed by atoms with Gasteiger partial charge in [0.2, 0.25) is 0 Å². The largest absolute Gasteiger partial charge is 0.295 e. The van der Waals surface area contributed by atoms with Crippen LogP contribution in [0.2, 0.25) is 0 Å². The second-order valence-corrected chi connectivity index (χ2v) is 5.18. The maximum absolute atomic E-state index is 12.1. The molecule has 2 aliphatic carbocycles. The molecule has 90 valence electrons. The summed E-state index contributed by atoms with van der Waals surface area (Å²) in [5, 5.41) is 0. The van der Waals surface area contributed by atoms with E-state index in [4.69, 9.17) is 0 Å². The van der Waals surface area contributed by atoms with Gasteiger partial charge in [0.1, 0.15) is 0 Å². The molecule has 0 heterocycles. The Hall–Kier alpha value is -1.44. The maximum Gasteiger partial charge on any atom is 0.163 e. The number of carbonyl (C=O) groups excluding carboxylic acids is 2. The molecule has 0 aromatic heterocycles. The van der Waals surface area contributed by atoms with Crippen LogP contribution >= 0.6 is 0 Å². The van der Waals surface area contributed by atoms with Crippen molar-refractivity contribution in [3.05, 3.63) is 34.4 Å². The molecule has 17 heavy (non-hydrogen) atoms. The number of rotatable bonds is 1. The third-order valence-electron chi connectivity index (χ3n) is 4.02. The Morgan fingerprint density at radius 3 is 2.24 bits per heavy atom. The predicted molar refractivity (Wildman–Crippen MR) is 67.6 cm³/mol. The summed E-state index contributed by atoms with van der Waals surface area (Å²) in [5.41, 5.74) is 4.76. The molecule has 0 saturated carbocycles. The lowest BCUT2D eigenvalue weighted by atomic mass is 9.90. The summed E-state index contributed by atoms with van der Waals surface area (Å²) in [5.74, 6) is 0.529. The molecule has 0 aromatic rings. The first-order valence-corrected chi connectivity index (χ1v) is 6.03. The maximum atomic E-state index is 12.1. The highest BCUT2D eigenvalue weighted by molar-refractivity contribution is 6.06. The monoisotopic (exact) mass is 230 g/mol. The zero-order chi connectivity index (χ0) is 12.7. The van der Waals surface area contributed by atoms with Crippen molar-refractivity contribution >= 4 is 11.6 Å². The molecule has 0 N–H and O–H groups in total. The molecule has 0 bridgehead atoms. The lowest BCUT2D eigenvalue weighted by molar-refractivity contribution is -0.116. The minimum absolute atomic E-state index is 0.171. The summed E-state index contributed by atoms with van der Waals surface area (Å²) in [4.78, 5) is 23.8. The molecule has 2 aliphatic rings. The zero-order valence-electron chi connectivity index (χ0n) is 10.7. The van der Waals surface area contributed by atoms with Crippen LogP contribution in [0, 0.1) is 5.92 Å². The van der Waals surface area contributed by atoms with Gasteiger partial charge < -0.3 is 0 Å². The molecule has 1 atom stereocenters. The van der Waals surface area contributed by atoms with E-state index in [1.54, 1.807) is 0 Å². The van der Waals surface area contributed by atoms with E-state index in [2.05, 4.69) is 6.58 Å². The Balaban J connectivity index is 2.51. The number of Topliss-reactive ketones (excluding diaryl/α,β-unsaturated/α-hetero) is 2. The number of ketones is 2. The van der Waals surface area contributed by atoms with Gasteiger partial charge in [0.25, 0.3) is 0 Å². The quantitative estimate of drug-likeness (QED) is 0.648. The van der Waals surface area contributed by atoms with Gasteiger partial charge in [-0.2, -0.15) is 0 Å². The smallest absolute Gasteiger partial charge is 0.163 e. The number of fused-ring (bicyclic) bond motifs is 1. The number of hydrogen-bond acceptors (Lipinski definition) is 2. The van der Waals surface area contributed by atoms with Crippen LogP contribution in [0.25, 0.3) is 0 Å². The van der Waals surface area contributed by atoms with Crippen molar-refractivity contribution in [2.75, 3.05) is 0 Å². The average molecular weight is 230 g/mol. The first-order chi connectivity index (χ1) is 7.91. The average Bonchev–Trinajstić information content (AvgIpc) is 2.47. The van der Waals surface area contributed by atoms with Gasteiger partial charge in [-0.15, -0.1) is 0 Å². The first kappa shape index (κ1) is 12.0. The second kappa shape index (κ2) is 4.10. The molecule has 0 aliphatic heterocycles. The molecule has 2 rings (SSSR count). The van der Waals surface area contributed by atoms with Crippen molar-refractivity contribution in [2.24, 2.45) is 5.92 Å². The Bertz CT molecular complexity index is 489. The Kier molecular flexibility index (Phi) is 2.90. The fourth-order valence-electron chi connectivity index (χ4n) is 2.64. The van der Waals surface area contributed by atoms with Gasteiger partial charge in [0.15, 0.2) is 11.6 Å². The Morgan fingerprint density at radius 2 is 1.65 bits per heavy atom. The van der Waals surface area contributed by atoms with Crippen LogP contribution in [0.4, 0.5) is 0 Å². The van der Waals surface area contributed by atoms with E-state index in [1.807, 2.05) is 20.8 Å². The molecule has 2 nitrogen and oxygen atoms in total. The van der Waals surface area contributed by atoms with E-state index in [1.165, 1.54) is 0 Å². The van der Waals surface area contributed by atoms with E-state index in [0.29, 0.717) is 12.8 Å². The zero-order valence-corrected chi connectivity index (χ0v) is 10.7.